The minimum absolute atomic E-state index is 0.146. The molecule has 2 rings (SSSR count). The highest BCUT2D eigenvalue weighted by Crippen LogP contribution is 2.20. The van der Waals surface area contributed by atoms with Crippen molar-refractivity contribution in [3.05, 3.63) is 59.1 Å². The average Bonchev–Trinajstić information content (AvgIpc) is 2.62. The fourth-order valence-corrected chi connectivity index (χ4v) is 2.12. The Hall–Kier alpha value is -3.20. The molecule has 4 amide bonds. The molecule has 0 aliphatic rings. The predicted octanol–water partition coefficient (Wildman–Crippen LogP) is 3.19. The number of rotatable bonds is 5. The maximum atomic E-state index is 13.4. The molecule has 0 heterocycles. The summed E-state index contributed by atoms with van der Waals surface area (Å²) in [5.41, 5.74) is 4.21. The highest BCUT2D eigenvalue weighted by atomic mass is 35.5. The van der Waals surface area contributed by atoms with Gasteiger partial charge in [-0.05, 0) is 24.3 Å². The number of urea groups is 1. The minimum atomic E-state index is -0.965. The summed E-state index contributed by atoms with van der Waals surface area (Å²) in [4.78, 5) is 35.0. The zero-order valence-electron chi connectivity index (χ0n) is 13.8. The number of amides is 4. The van der Waals surface area contributed by atoms with Crippen LogP contribution in [0.2, 0.25) is 5.02 Å². The van der Waals surface area contributed by atoms with E-state index in [-0.39, 0.29) is 18.5 Å². The first kappa shape index (κ1) is 20.1. The second-order valence-electron chi connectivity index (χ2n) is 5.28. The van der Waals surface area contributed by atoms with Crippen LogP contribution in [0.1, 0.15) is 12.8 Å². The van der Waals surface area contributed by atoms with Crippen LogP contribution in [0.5, 0.6) is 0 Å². The number of para-hydroxylation sites is 1. The van der Waals surface area contributed by atoms with Gasteiger partial charge >= 0.3 is 6.03 Å². The molecule has 0 aliphatic heterocycles. The van der Waals surface area contributed by atoms with Gasteiger partial charge in [-0.3, -0.25) is 15.0 Å². The highest BCUT2D eigenvalue weighted by molar-refractivity contribution is 6.33. The van der Waals surface area contributed by atoms with Crippen LogP contribution in [0.3, 0.4) is 0 Å². The van der Waals surface area contributed by atoms with E-state index in [1.165, 1.54) is 0 Å². The zero-order chi connectivity index (χ0) is 19.8. The largest absolute Gasteiger partial charge is 0.338 e. The molecule has 0 aliphatic carbocycles. The van der Waals surface area contributed by atoms with E-state index in [2.05, 4.69) is 16.1 Å². The standard InChI is InChI=1S/C17H15ClF2N4O3/c18-11-3-1-2-4-13(11)21-15(25)7-8-16(26)23-24-17(27)22-14-6-5-10(19)9-12(14)20/h1-6,9H,7-8H2,(H,21,25)(H,23,26)(H2,22,24,27). The summed E-state index contributed by atoms with van der Waals surface area (Å²) >= 11 is 5.91. The first-order chi connectivity index (χ1) is 12.8. The van der Waals surface area contributed by atoms with Crippen molar-refractivity contribution in [2.75, 3.05) is 10.6 Å². The van der Waals surface area contributed by atoms with Crippen molar-refractivity contribution >= 4 is 40.8 Å². The number of carbonyl (C=O) groups is 3. The molecule has 7 nitrogen and oxygen atoms in total. The molecular weight excluding hydrogens is 382 g/mol. The van der Waals surface area contributed by atoms with E-state index >= 15 is 0 Å². The number of hydrogen-bond donors (Lipinski definition) is 4. The van der Waals surface area contributed by atoms with Crippen LogP contribution >= 0.6 is 11.6 Å². The number of hydrogen-bond acceptors (Lipinski definition) is 3. The molecule has 0 bridgehead atoms. The Morgan fingerprint density at radius 1 is 0.852 bits per heavy atom. The summed E-state index contributed by atoms with van der Waals surface area (Å²) in [5.74, 6) is -2.83. The fraction of sp³-hybridized carbons (Fsp3) is 0.118. The quantitative estimate of drug-likeness (QED) is 0.584. The van der Waals surface area contributed by atoms with Crippen molar-refractivity contribution < 1.29 is 23.2 Å². The van der Waals surface area contributed by atoms with Crippen molar-refractivity contribution in [2.24, 2.45) is 0 Å². The molecule has 2 aromatic carbocycles. The summed E-state index contributed by atoms with van der Waals surface area (Å²) < 4.78 is 26.2. The molecule has 0 saturated carbocycles. The van der Waals surface area contributed by atoms with Crippen molar-refractivity contribution in [1.82, 2.24) is 10.9 Å². The zero-order valence-corrected chi connectivity index (χ0v) is 14.6. The number of anilines is 2. The Balaban J connectivity index is 1.71. The Morgan fingerprint density at radius 2 is 1.56 bits per heavy atom. The first-order valence-electron chi connectivity index (χ1n) is 7.70. The van der Waals surface area contributed by atoms with Gasteiger partial charge in [0.25, 0.3) is 0 Å². The molecule has 0 aromatic heterocycles. The number of nitrogens with one attached hydrogen (secondary N) is 4. The van der Waals surface area contributed by atoms with E-state index in [1.807, 2.05) is 5.43 Å². The number of halogens is 3. The number of hydrazine groups is 1. The van der Waals surface area contributed by atoms with Crippen molar-refractivity contribution in [3.8, 4) is 0 Å². The van der Waals surface area contributed by atoms with Gasteiger partial charge < -0.3 is 10.6 Å². The Bertz CT molecular complexity index is 864. The monoisotopic (exact) mass is 396 g/mol. The third kappa shape index (κ3) is 6.55. The summed E-state index contributed by atoms with van der Waals surface area (Å²) in [6, 6.07) is 8.29. The maximum absolute atomic E-state index is 13.4. The maximum Gasteiger partial charge on any atom is 0.338 e. The Kier molecular flexibility index (Phi) is 7.07. The molecule has 0 radical (unpaired) electrons. The van der Waals surface area contributed by atoms with Crippen LogP contribution < -0.4 is 21.5 Å². The molecule has 2 aromatic rings. The van der Waals surface area contributed by atoms with Gasteiger partial charge in [0.1, 0.15) is 11.6 Å². The van der Waals surface area contributed by atoms with Crippen LogP contribution in [0, 0.1) is 11.6 Å². The first-order valence-corrected chi connectivity index (χ1v) is 8.08. The lowest BCUT2D eigenvalue weighted by Gasteiger charge is -2.10. The van der Waals surface area contributed by atoms with Gasteiger partial charge in [-0.25, -0.2) is 19.0 Å². The highest BCUT2D eigenvalue weighted by Gasteiger charge is 2.11. The second-order valence-corrected chi connectivity index (χ2v) is 5.69. The molecule has 4 N–H and O–H groups in total. The van der Waals surface area contributed by atoms with Gasteiger partial charge in [0, 0.05) is 18.9 Å². The van der Waals surface area contributed by atoms with Crippen LogP contribution in [0.25, 0.3) is 0 Å². The summed E-state index contributed by atoms with van der Waals surface area (Å²) in [7, 11) is 0. The summed E-state index contributed by atoms with van der Waals surface area (Å²) in [5, 5.41) is 5.01. The lowest BCUT2D eigenvalue weighted by molar-refractivity contribution is -0.124. The molecule has 0 spiro atoms. The van der Waals surface area contributed by atoms with E-state index in [0.29, 0.717) is 16.8 Å². The van der Waals surface area contributed by atoms with E-state index in [1.54, 1.807) is 24.3 Å². The molecule has 142 valence electrons. The normalized spacial score (nSPS) is 10.0. The van der Waals surface area contributed by atoms with Crippen molar-refractivity contribution in [1.29, 1.82) is 0 Å². The van der Waals surface area contributed by atoms with E-state index in [4.69, 9.17) is 11.6 Å². The van der Waals surface area contributed by atoms with Crippen LogP contribution in [0.15, 0.2) is 42.5 Å². The van der Waals surface area contributed by atoms with Gasteiger partial charge in [-0.2, -0.15) is 0 Å². The van der Waals surface area contributed by atoms with E-state index in [9.17, 15) is 23.2 Å². The van der Waals surface area contributed by atoms with Crippen molar-refractivity contribution in [2.45, 2.75) is 12.8 Å². The summed E-state index contributed by atoms with van der Waals surface area (Å²) in [6.45, 7) is 0. The Labute approximate surface area is 158 Å². The third-order valence-electron chi connectivity index (χ3n) is 3.22. The second kappa shape index (κ2) is 9.48. The SMILES string of the molecule is O=C(CCC(=O)Nc1ccccc1Cl)NNC(=O)Nc1ccc(F)cc1F. The molecular formula is C17H15ClF2N4O3. The van der Waals surface area contributed by atoms with E-state index in [0.717, 1.165) is 12.1 Å². The third-order valence-corrected chi connectivity index (χ3v) is 3.55. The fourth-order valence-electron chi connectivity index (χ4n) is 1.94. The number of benzene rings is 2. The minimum Gasteiger partial charge on any atom is -0.325 e. The van der Waals surface area contributed by atoms with Gasteiger partial charge in [0.05, 0.1) is 16.4 Å². The molecule has 10 heteroatoms. The van der Waals surface area contributed by atoms with Gasteiger partial charge in [0.2, 0.25) is 11.8 Å². The van der Waals surface area contributed by atoms with E-state index < -0.39 is 29.5 Å². The lowest BCUT2D eigenvalue weighted by Crippen LogP contribution is -2.44. The van der Waals surface area contributed by atoms with Crippen LogP contribution in [-0.4, -0.2) is 17.8 Å². The predicted molar refractivity (Wildman–Crippen MR) is 96.0 cm³/mol. The van der Waals surface area contributed by atoms with Gasteiger partial charge in [-0.1, -0.05) is 23.7 Å². The smallest absolute Gasteiger partial charge is 0.325 e. The lowest BCUT2D eigenvalue weighted by atomic mass is 10.2. The van der Waals surface area contributed by atoms with Gasteiger partial charge in [-0.15, -0.1) is 0 Å². The number of carbonyl (C=O) groups excluding carboxylic acids is 3. The van der Waals surface area contributed by atoms with Gasteiger partial charge in [0.15, 0.2) is 0 Å². The average molecular weight is 397 g/mol. The Morgan fingerprint density at radius 3 is 2.26 bits per heavy atom. The molecule has 0 atom stereocenters. The molecule has 0 saturated heterocycles. The molecule has 0 fully saturated rings. The molecule has 0 unspecified atom stereocenters. The van der Waals surface area contributed by atoms with Crippen LogP contribution in [-0.2, 0) is 9.59 Å². The van der Waals surface area contributed by atoms with Crippen LogP contribution in [0.4, 0.5) is 25.0 Å². The summed E-state index contributed by atoms with van der Waals surface area (Å²) in [6.07, 6.45) is -0.353. The van der Waals surface area contributed by atoms with Crippen molar-refractivity contribution in [3.63, 3.8) is 0 Å². The topological polar surface area (TPSA) is 99.3 Å². The molecule has 27 heavy (non-hydrogen) atoms.